The van der Waals surface area contributed by atoms with Crippen molar-refractivity contribution < 1.29 is 28.2 Å². The van der Waals surface area contributed by atoms with Crippen LogP contribution < -0.4 is 9.47 Å². The van der Waals surface area contributed by atoms with Crippen LogP contribution in [0.3, 0.4) is 0 Å². The summed E-state index contributed by atoms with van der Waals surface area (Å²) < 4.78 is 22.9. The molecule has 4 rings (SSSR count). The second kappa shape index (κ2) is 9.76. The largest absolute Gasteiger partial charge is 0.481 e. The number of aliphatic carboxylic acids is 1. The lowest BCUT2D eigenvalue weighted by Crippen LogP contribution is -2.10. The average molecular weight is 484 g/mol. The fourth-order valence-electron chi connectivity index (χ4n) is 3.49. The molecule has 34 heavy (non-hydrogen) atoms. The molecular weight excluding hydrogens is 458 g/mol. The normalized spacial score (nSPS) is 11.2. The van der Waals surface area contributed by atoms with Gasteiger partial charge in [-0.05, 0) is 75.2 Å². The number of carbonyl (C=O) groups is 1. The number of aromatic nitrogens is 3. The van der Waals surface area contributed by atoms with E-state index in [2.05, 4.69) is 15.0 Å². The summed E-state index contributed by atoms with van der Waals surface area (Å²) in [7, 11) is 0. The van der Waals surface area contributed by atoms with Crippen LogP contribution in [0.5, 0.6) is 11.6 Å². The van der Waals surface area contributed by atoms with Gasteiger partial charge in [0.15, 0.2) is 17.3 Å². The van der Waals surface area contributed by atoms with Gasteiger partial charge in [0, 0.05) is 5.56 Å². The van der Waals surface area contributed by atoms with Gasteiger partial charge < -0.3 is 23.4 Å². The van der Waals surface area contributed by atoms with Gasteiger partial charge in [0.2, 0.25) is 11.8 Å². The summed E-state index contributed by atoms with van der Waals surface area (Å²) in [6, 6.07) is 5.61. The average Bonchev–Trinajstić information content (AvgIpc) is 3.33. The molecule has 0 aliphatic rings. The molecule has 3 heterocycles. The molecule has 0 aliphatic heterocycles. The van der Waals surface area contributed by atoms with Gasteiger partial charge >= 0.3 is 5.97 Å². The van der Waals surface area contributed by atoms with E-state index in [0.29, 0.717) is 46.1 Å². The van der Waals surface area contributed by atoms with Crippen molar-refractivity contribution in [3.63, 3.8) is 0 Å². The molecule has 0 aliphatic carbocycles. The minimum Gasteiger partial charge on any atom is -0.481 e. The number of benzene rings is 1. The zero-order chi connectivity index (χ0) is 24.4. The van der Waals surface area contributed by atoms with Crippen molar-refractivity contribution in [2.24, 2.45) is 0 Å². The van der Waals surface area contributed by atoms with Crippen molar-refractivity contribution in [3.8, 4) is 23.1 Å². The van der Waals surface area contributed by atoms with Gasteiger partial charge in [-0.3, -0.25) is 0 Å². The number of carboxylic acids is 1. The van der Waals surface area contributed by atoms with Crippen LogP contribution >= 0.6 is 11.8 Å². The van der Waals surface area contributed by atoms with Gasteiger partial charge in [0.1, 0.15) is 17.3 Å². The van der Waals surface area contributed by atoms with Gasteiger partial charge in [-0.15, -0.1) is 0 Å². The van der Waals surface area contributed by atoms with Crippen LogP contribution in [0.15, 0.2) is 37.1 Å². The summed E-state index contributed by atoms with van der Waals surface area (Å²) >= 11 is 1.37. The van der Waals surface area contributed by atoms with E-state index in [-0.39, 0.29) is 0 Å². The van der Waals surface area contributed by atoms with Gasteiger partial charge in [-0.25, -0.2) is 9.78 Å². The zero-order valence-electron chi connectivity index (χ0n) is 19.6. The van der Waals surface area contributed by atoms with E-state index in [9.17, 15) is 4.79 Å². The van der Waals surface area contributed by atoms with Crippen LogP contribution in [0.4, 0.5) is 0 Å². The second-order valence-corrected chi connectivity index (χ2v) is 8.84. The number of ether oxygens (including phenoxy) is 2. The molecule has 0 fully saturated rings. The van der Waals surface area contributed by atoms with Crippen LogP contribution in [0.1, 0.15) is 36.0 Å². The van der Waals surface area contributed by atoms with E-state index >= 15 is 0 Å². The highest BCUT2D eigenvalue weighted by Crippen LogP contribution is 2.36. The van der Waals surface area contributed by atoms with Crippen molar-refractivity contribution in [1.29, 1.82) is 0 Å². The Hall–Kier alpha value is -3.53. The van der Waals surface area contributed by atoms with Crippen LogP contribution in [0, 0.1) is 27.7 Å². The Bertz CT molecular complexity index is 1340. The topological polar surface area (TPSA) is 121 Å². The number of hydrogen-bond acceptors (Lipinski definition) is 9. The molecule has 0 spiro atoms. The van der Waals surface area contributed by atoms with E-state index in [4.69, 9.17) is 23.4 Å². The molecule has 178 valence electrons. The molecule has 0 unspecified atom stereocenters. The first-order chi connectivity index (χ1) is 16.2. The van der Waals surface area contributed by atoms with E-state index in [1.807, 2.05) is 52.8 Å². The summed E-state index contributed by atoms with van der Waals surface area (Å²) in [5.74, 6) is 1.81. The van der Waals surface area contributed by atoms with E-state index in [1.54, 1.807) is 0 Å². The molecule has 9 nitrogen and oxygen atoms in total. The maximum atomic E-state index is 10.9. The number of rotatable bonds is 9. The molecule has 0 saturated heterocycles. The first-order valence-corrected chi connectivity index (χ1v) is 11.6. The van der Waals surface area contributed by atoms with Gasteiger partial charge in [-0.2, -0.15) is 9.97 Å². The quantitative estimate of drug-likeness (QED) is 0.305. The molecule has 4 aromatic rings. The van der Waals surface area contributed by atoms with Crippen LogP contribution in [-0.4, -0.2) is 39.2 Å². The second-order valence-electron chi connectivity index (χ2n) is 7.83. The Balaban J connectivity index is 1.73. The third-order valence-corrected chi connectivity index (χ3v) is 5.88. The van der Waals surface area contributed by atoms with Gasteiger partial charge in [-0.1, -0.05) is 6.92 Å². The first-order valence-electron chi connectivity index (χ1n) is 10.8. The fraction of sp³-hybridized carbons (Fsp3) is 0.333. The van der Waals surface area contributed by atoms with Crippen LogP contribution in [-0.2, 0) is 4.79 Å². The lowest BCUT2D eigenvalue weighted by molar-refractivity contribution is -0.139. The van der Waals surface area contributed by atoms with E-state index < -0.39 is 12.6 Å². The van der Waals surface area contributed by atoms with Crippen molar-refractivity contribution in [3.05, 3.63) is 40.8 Å². The van der Waals surface area contributed by atoms with Gasteiger partial charge in [0.05, 0.1) is 11.5 Å². The fourth-order valence-corrected chi connectivity index (χ4v) is 4.35. The highest BCUT2D eigenvalue weighted by atomic mass is 32.2. The molecule has 0 saturated carbocycles. The molecular formula is C24H25N3O6S. The molecule has 10 heteroatoms. The number of furan rings is 1. The Morgan fingerprint density at radius 2 is 1.76 bits per heavy atom. The molecule has 1 N–H and O–H groups in total. The number of nitrogens with zero attached hydrogens (tertiary/aromatic N) is 3. The van der Waals surface area contributed by atoms with Gasteiger partial charge in [0.25, 0.3) is 5.71 Å². The summed E-state index contributed by atoms with van der Waals surface area (Å²) in [6.07, 6.45) is 0.814. The standard InChI is InChI=1S/C24H25N3O6S/c1-6-7-30-22-19-23(27-24(26-22)34-17-10-14(4)32-15(17)5)33-21(25-19)16-8-12(2)20(13(3)9-16)31-11-18(28)29/h8-10H,6-7,11H2,1-5H3,(H,28,29). The van der Waals surface area contributed by atoms with Crippen LogP contribution in [0.2, 0.25) is 0 Å². The summed E-state index contributed by atoms with van der Waals surface area (Å²) in [5.41, 5.74) is 3.02. The number of carboxylic acid groups (broad SMARTS) is 1. The lowest BCUT2D eigenvalue weighted by atomic mass is 10.1. The molecule has 0 radical (unpaired) electrons. The third-order valence-electron chi connectivity index (χ3n) is 4.89. The lowest BCUT2D eigenvalue weighted by Gasteiger charge is -2.11. The van der Waals surface area contributed by atoms with Crippen LogP contribution in [0.25, 0.3) is 22.7 Å². The minimum absolute atomic E-state index is 0.318. The maximum Gasteiger partial charge on any atom is 0.341 e. The van der Waals surface area contributed by atoms with Crippen molar-refractivity contribution in [1.82, 2.24) is 15.0 Å². The maximum absolute atomic E-state index is 10.9. The summed E-state index contributed by atoms with van der Waals surface area (Å²) in [4.78, 5) is 25.5. The Morgan fingerprint density at radius 3 is 2.38 bits per heavy atom. The predicted octanol–water partition coefficient (Wildman–Crippen LogP) is 5.51. The highest BCUT2D eigenvalue weighted by Gasteiger charge is 2.20. The molecule has 0 atom stereocenters. The molecule has 1 aromatic carbocycles. The smallest absolute Gasteiger partial charge is 0.341 e. The molecule has 3 aromatic heterocycles. The predicted molar refractivity (Wildman–Crippen MR) is 126 cm³/mol. The zero-order valence-corrected chi connectivity index (χ0v) is 20.4. The van der Waals surface area contributed by atoms with E-state index in [0.717, 1.165) is 34.0 Å². The Kier molecular flexibility index (Phi) is 6.78. The van der Waals surface area contributed by atoms with Crippen molar-refractivity contribution in [2.75, 3.05) is 13.2 Å². The summed E-state index contributed by atoms with van der Waals surface area (Å²) in [5, 5.41) is 9.38. The molecule has 0 amide bonds. The Labute approximate surface area is 200 Å². The van der Waals surface area contributed by atoms with Crippen molar-refractivity contribution in [2.45, 2.75) is 51.1 Å². The van der Waals surface area contributed by atoms with E-state index in [1.165, 1.54) is 11.8 Å². The monoisotopic (exact) mass is 483 g/mol. The number of aryl methyl sites for hydroxylation is 4. The van der Waals surface area contributed by atoms with Crippen molar-refractivity contribution >= 4 is 29.0 Å². The SMILES string of the molecule is CCCOc1nc(Sc2cc(C)oc2C)nc2oc(-c3cc(C)c(OCC(=O)O)c(C)c3)nc12. The highest BCUT2D eigenvalue weighted by molar-refractivity contribution is 7.99. The number of fused-ring (bicyclic) bond motifs is 1. The number of hydrogen-bond donors (Lipinski definition) is 1. The number of oxazole rings is 1. The molecule has 0 bridgehead atoms. The third kappa shape index (κ3) is 5.01. The Morgan fingerprint density at radius 1 is 1.03 bits per heavy atom. The first kappa shape index (κ1) is 23.6. The minimum atomic E-state index is -1.03. The summed E-state index contributed by atoms with van der Waals surface area (Å²) in [6.45, 7) is 9.56.